The number of hydrogen-bond donors (Lipinski definition) is 2. The fourth-order valence-corrected chi connectivity index (χ4v) is 6.18. The molecule has 3 atom stereocenters. The van der Waals surface area contributed by atoms with Crippen LogP contribution in [0.15, 0.2) is 49.1 Å². The number of carbonyl (C=O) groups excluding carboxylic acids is 2. The van der Waals surface area contributed by atoms with Crippen molar-refractivity contribution in [3.8, 4) is 0 Å². The Morgan fingerprint density at radius 3 is 2.54 bits per heavy atom. The molecule has 4 heterocycles. The monoisotopic (exact) mass is 534 g/mol. The lowest BCUT2D eigenvalue weighted by molar-refractivity contribution is -0.117. The summed E-state index contributed by atoms with van der Waals surface area (Å²) in [6.07, 6.45) is 10.9. The van der Waals surface area contributed by atoms with Gasteiger partial charge in [0.1, 0.15) is 10.0 Å². The fraction of sp³-hybridized carbons (Fsp3) is 0.360. The third-order valence-corrected chi connectivity index (χ3v) is 8.27. The molecule has 2 N–H and O–H groups in total. The van der Waals surface area contributed by atoms with Gasteiger partial charge in [-0.3, -0.25) is 19.6 Å². The Morgan fingerprint density at radius 1 is 0.973 bits per heavy atom. The Hall–Kier alpha value is -3.64. The molecule has 4 aromatic rings. The lowest BCUT2D eigenvalue weighted by Crippen LogP contribution is -2.18. The second-order valence-electron chi connectivity index (χ2n) is 9.11. The molecular weight excluding hydrogens is 508 g/mol. The first-order valence-corrected chi connectivity index (χ1v) is 13.7. The zero-order chi connectivity index (χ0) is 25.6. The predicted octanol–water partition coefficient (Wildman–Crippen LogP) is 4.23. The number of pyridine rings is 2. The SMILES string of the molecule is C[C@@H](C(=O)Nc1nnc(C[C@H]2CC[C@@H](c3nnc(NC(=O)Cc4cccnc4)s3)C2)s1)c1cccnc1. The number of hydrogen-bond acceptors (Lipinski definition) is 10. The average molecular weight is 535 g/mol. The van der Waals surface area contributed by atoms with Gasteiger partial charge in [0.2, 0.25) is 22.1 Å². The molecule has 190 valence electrons. The van der Waals surface area contributed by atoms with Crippen LogP contribution in [0.5, 0.6) is 0 Å². The average Bonchev–Trinajstić information content (AvgIpc) is 3.67. The van der Waals surface area contributed by atoms with Crippen LogP contribution in [0.4, 0.5) is 10.3 Å². The van der Waals surface area contributed by atoms with Crippen molar-refractivity contribution >= 4 is 44.8 Å². The molecule has 0 unspecified atom stereocenters. The van der Waals surface area contributed by atoms with E-state index >= 15 is 0 Å². The van der Waals surface area contributed by atoms with Crippen molar-refractivity contribution in [3.63, 3.8) is 0 Å². The number of anilines is 2. The van der Waals surface area contributed by atoms with Crippen LogP contribution in [0.1, 0.15) is 59.2 Å². The van der Waals surface area contributed by atoms with E-state index in [0.29, 0.717) is 22.1 Å². The van der Waals surface area contributed by atoms with E-state index in [1.54, 1.807) is 24.8 Å². The van der Waals surface area contributed by atoms with Gasteiger partial charge in [-0.1, -0.05) is 34.8 Å². The van der Waals surface area contributed by atoms with Crippen molar-refractivity contribution in [2.24, 2.45) is 5.92 Å². The zero-order valence-corrected chi connectivity index (χ0v) is 21.8. The molecule has 1 aliphatic rings. The maximum Gasteiger partial charge on any atom is 0.233 e. The van der Waals surface area contributed by atoms with Gasteiger partial charge in [-0.2, -0.15) is 0 Å². The Morgan fingerprint density at radius 2 is 1.76 bits per heavy atom. The van der Waals surface area contributed by atoms with Crippen molar-refractivity contribution in [1.82, 2.24) is 30.4 Å². The van der Waals surface area contributed by atoms with Gasteiger partial charge in [0.05, 0.1) is 12.3 Å². The lowest BCUT2D eigenvalue weighted by Gasteiger charge is -2.09. The van der Waals surface area contributed by atoms with Crippen LogP contribution in [-0.4, -0.2) is 42.2 Å². The lowest BCUT2D eigenvalue weighted by atomic mass is 10.0. The van der Waals surface area contributed by atoms with E-state index in [0.717, 1.165) is 46.8 Å². The van der Waals surface area contributed by atoms with Crippen molar-refractivity contribution in [2.75, 3.05) is 10.6 Å². The largest absolute Gasteiger partial charge is 0.300 e. The first-order valence-electron chi connectivity index (χ1n) is 12.1. The molecule has 2 amide bonds. The minimum atomic E-state index is -0.325. The summed E-state index contributed by atoms with van der Waals surface area (Å²) in [6, 6.07) is 7.38. The molecule has 0 aromatic carbocycles. The Bertz CT molecular complexity index is 1350. The minimum absolute atomic E-state index is 0.128. The molecule has 0 bridgehead atoms. The van der Waals surface area contributed by atoms with E-state index in [1.807, 2.05) is 31.2 Å². The number of carbonyl (C=O) groups is 2. The maximum atomic E-state index is 12.6. The summed E-state index contributed by atoms with van der Waals surface area (Å²) in [4.78, 5) is 33.0. The molecule has 1 saturated carbocycles. The molecule has 0 saturated heterocycles. The van der Waals surface area contributed by atoms with Crippen LogP contribution in [0.25, 0.3) is 0 Å². The highest BCUT2D eigenvalue weighted by Crippen LogP contribution is 2.41. The molecule has 1 fully saturated rings. The molecule has 37 heavy (non-hydrogen) atoms. The normalized spacial score (nSPS) is 17.9. The highest BCUT2D eigenvalue weighted by molar-refractivity contribution is 7.15. The molecule has 5 rings (SSSR count). The van der Waals surface area contributed by atoms with E-state index in [4.69, 9.17) is 0 Å². The Kier molecular flexibility index (Phi) is 7.85. The van der Waals surface area contributed by atoms with Crippen LogP contribution >= 0.6 is 22.7 Å². The van der Waals surface area contributed by atoms with Crippen molar-refractivity contribution < 1.29 is 9.59 Å². The van der Waals surface area contributed by atoms with Gasteiger partial charge in [-0.15, -0.1) is 20.4 Å². The summed E-state index contributed by atoms with van der Waals surface area (Å²) in [6.45, 7) is 1.85. The molecule has 12 heteroatoms. The van der Waals surface area contributed by atoms with E-state index in [2.05, 4.69) is 41.0 Å². The number of nitrogens with one attached hydrogen (secondary N) is 2. The second kappa shape index (κ2) is 11.6. The highest BCUT2D eigenvalue weighted by atomic mass is 32.1. The standard InChI is InChI=1S/C25H26N8O2S2/c1-15(19-5-3-9-27-14-19)22(35)29-25-32-30-21(36-25)12-16-6-7-18(10-16)23-31-33-24(37-23)28-20(34)11-17-4-2-8-26-13-17/h2-5,8-9,13-16,18H,6-7,10-12H2,1H3,(H,28,33,34)(H,29,32,35)/t15-,16+,18-/m1/s1. The van der Waals surface area contributed by atoms with Gasteiger partial charge >= 0.3 is 0 Å². The molecule has 0 aliphatic heterocycles. The van der Waals surface area contributed by atoms with E-state index in [-0.39, 0.29) is 24.2 Å². The van der Waals surface area contributed by atoms with Crippen LogP contribution in [0, 0.1) is 5.92 Å². The number of nitrogens with zero attached hydrogens (tertiary/aromatic N) is 6. The van der Waals surface area contributed by atoms with E-state index in [1.165, 1.54) is 22.7 Å². The molecular formula is C25H26N8O2S2. The minimum Gasteiger partial charge on any atom is -0.300 e. The predicted molar refractivity (Wildman–Crippen MR) is 141 cm³/mol. The summed E-state index contributed by atoms with van der Waals surface area (Å²) < 4.78 is 0. The van der Waals surface area contributed by atoms with Gasteiger partial charge < -0.3 is 10.6 Å². The van der Waals surface area contributed by atoms with Gasteiger partial charge in [0.25, 0.3) is 0 Å². The van der Waals surface area contributed by atoms with Crippen LogP contribution in [-0.2, 0) is 22.4 Å². The van der Waals surface area contributed by atoms with E-state index < -0.39 is 0 Å². The number of amides is 2. The van der Waals surface area contributed by atoms with Crippen molar-refractivity contribution in [3.05, 3.63) is 70.2 Å². The molecule has 4 aromatic heterocycles. The molecule has 1 aliphatic carbocycles. The summed E-state index contributed by atoms with van der Waals surface area (Å²) >= 11 is 2.86. The Labute approximate surface area is 222 Å². The van der Waals surface area contributed by atoms with E-state index in [9.17, 15) is 9.59 Å². The van der Waals surface area contributed by atoms with Gasteiger partial charge in [-0.25, -0.2) is 0 Å². The second-order valence-corrected chi connectivity index (χ2v) is 11.2. The van der Waals surface area contributed by atoms with Crippen LogP contribution in [0.3, 0.4) is 0 Å². The topological polar surface area (TPSA) is 136 Å². The van der Waals surface area contributed by atoms with Crippen LogP contribution in [0.2, 0.25) is 0 Å². The van der Waals surface area contributed by atoms with Crippen molar-refractivity contribution in [1.29, 1.82) is 0 Å². The van der Waals surface area contributed by atoms with Crippen LogP contribution < -0.4 is 10.6 Å². The third-order valence-electron chi connectivity index (χ3n) is 6.40. The van der Waals surface area contributed by atoms with Gasteiger partial charge in [0.15, 0.2) is 0 Å². The summed E-state index contributed by atoms with van der Waals surface area (Å²) in [7, 11) is 0. The fourth-order valence-electron chi connectivity index (χ4n) is 4.42. The molecule has 0 spiro atoms. The van der Waals surface area contributed by atoms with Crippen molar-refractivity contribution in [2.45, 2.75) is 50.9 Å². The van der Waals surface area contributed by atoms with Gasteiger partial charge in [0, 0.05) is 37.1 Å². The zero-order valence-electron chi connectivity index (χ0n) is 20.2. The summed E-state index contributed by atoms with van der Waals surface area (Å²) in [5, 5.41) is 25.6. The van der Waals surface area contributed by atoms with Gasteiger partial charge in [-0.05, 0) is 55.4 Å². The summed E-state index contributed by atoms with van der Waals surface area (Å²) in [5.74, 6) is 0.195. The first kappa shape index (κ1) is 25.0. The Balaban J connectivity index is 1.10. The quantitative estimate of drug-likeness (QED) is 0.326. The first-order chi connectivity index (χ1) is 18.0. The molecule has 0 radical (unpaired) electrons. The third kappa shape index (κ3) is 6.57. The number of rotatable bonds is 9. The smallest absolute Gasteiger partial charge is 0.233 e. The molecule has 10 nitrogen and oxygen atoms in total. The number of aromatic nitrogens is 6. The summed E-state index contributed by atoms with van der Waals surface area (Å²) in [5.41, 5.74) is 1.71. The maximum absolute atomic E-state index is 12.6. The highest BCUT2D eigenvalue weighted by Gasteiger charge is 2.30.